The molecule has 18 heavy (non-hydrogen) atoms. The first-order chi connectivity index (χ1) is 8.45. The number of carbonyl (C=O) groups is 2. The van der Waals surface area contributed by atoms with E-state index in [1.165, 1.54) is 7.11 Å². The monoisotopic (exact) mass is 315 g/mol. The first-order valence-corrected chi connectivity index (χ1v) is 6.05. The molecule has 0 aliphatic heterocycles. The molecule has 1 rings (SSSR count). The van der Waals surface area contributed by atoms with Gasteiger partial charge in [-0.15, -0.1) is 0 Å². The zero-order chi connectivity index (χ0) is 13.7. The van der Waals surface area contributed by atoms with Gasteiger partial charge in [-0.05, 0) is 40.5 Å². The van der Waals surface area contributed by atoms with Crippen molar-refractivity contribution in [1.29, 1.82) is 0 Å². The van der Waals surface area contributed by atoms with Crippen LogP contribution in [0.1, 0.15) is 15.9 Å². The summed E-state index contributed by atoms with van der Waals surface area (Å²) in [5.74, 6) is -1.15. The summed E-state index contributed by atoms with van der Waals surface area (Å²) in [4.78, 5) is 22.7. The van der Waals surface area contributed by atoms with Crippen molar-refractivity contribution >= 4 is 27.8 Å². The lowest BCUT2D eigenvalue weighted by Crippen LogP contribution is -2.37. The number of rotatable bonds is 4. The van der Waals surface area contributed by atoms with E-state index in [-0.39, 0.29) is 12.5 Å². The molecule has 5 nitrogen and oxygen atoms in total. The maximum absolute atomic E-state index is 11.8. The second kappa shape index (κ2) is 6.51. The van der Waals surface area contributed by atoms with E-state index >= 15 is 0 Å². The number of hydrogen-bond donors (Lipinski definition) is 2. The quantitative estimate of drug-likeness (QED) is 0.813. The van der Waals surface area contributed by atoms with Crippen LogP contribution in [0.2, 0.25) is 0 Å². The van der Waals surface area contributed by atoms with E-state index in [2.05, 4.69) is 26.0 Å². The molecule has 98 valence electrons. The van der Waals surface area contributed by atoms with Crippen LogP contribution in [0.4, 0.5) is 0 Å². The average molecular weight is 316 g/mol. The van der Waals surface area contributed by atoms with Gasteiger partial charge in [0.2, 0.25) is 0 Å². The second-order valence-corrected chi connectivity index (χ2v) is 4.59. The van der Waals surface area contributed by atoms with Crippen LogP contribution in [0.15, 0.2) is 22.7 Å². The van der Waals surface area contributed by atoms with Crippen LogP contribution in [0.3, 0.4) is 0 Å². The van der Waals surface area contributed by atoms with Crippen LogP contribution in [-0.4, -0.2) is 36.7 Å². The Kier molecular flexibility index (Phi) is 5.30. The largest absolute Gasteiger partial charge is 0.467 e. The third kappa shape index (κ3) is 3.82. The number of aryl methyl sites for hydroxylation is 1. The van der Waals surface area contributed by atoms with Gasteiger partial charge in [0.05, 0.1) is 19.2 Å². The molecule has 0 spiro atoms. The molecular weight excluding hydrogens is 302 g/mol. The molecule has 1 aromatic carbocycles. The van der Waals surface area contributed by atoms with E-state index in [4.69, 9.17) is 0 Å². The summed E-state index contributed by atoms with van der Waals surface area (Å²) in [7, 11) is 1.17. The fourth-order valence-electron chi connectivity index (χ4n) is 1.31. The summed E-state index contributed by atoms with van der Waals surface area (Å²) in [5.41, 5.74) is 1.46. The minimum atomic E-state index is -1.36. The van der Waals surface area contributed by atoms with Gasteiger partial charge >= 0.3 is 5.97 Å². The fourth-order valence-corrected chi connectivity index (χ4v) is 1.98. The normalized spacial score (nSPS) is 11.8. The zero-order valence-corrected chi connectivity index (χ0v) is 11.7. The Morgan fingerprint density at radius 3 is 2.72 bits per heavy atom. The maximum atomic E-state index is 11.8. The molecule has 0 aromatic heterocycles. The first-order valence-electron chi connectivity index (χ1n) is 5.26. The van der Waals surface area contributed by atoms with Crippen molar-refractivity contribution in [1.82, 2.24) is 5.32 Å². The number of carbonyl (C=O) groups excluding carboxylic acids is 2. The van der Waals surface area contributed by atoms with Crippen LogP contribution >= 0.6 is 15.9 Å². The van der Waals surface area contributed by atoms with E-state index in [1.807, 2.05) is 13.0 Å². The molecule has 1 amide bonds. The van der Waals surface area contributed by atoms with Gasteiger partial charge in [0.1, 0.15) is 0 Å². The van der Waals surface area contributed by atoms with Crippen molar-refractivity contribution in [3.63, 3.8) is 0 Å². The highest BCUT2D eigenvalue weighted by Gasteiger charge is 2.17. The summed E-state index contributed by atoms with van der Waals surface area (Å²) in [6.45, 7) is 1.72. The lowest BCUT2D eigenvalue weighted by atomic mass is 10.1. The van der Waals surface area contributed by atoms with E-state index in [0.717, 1.165) is 5.56 Å². The summed E-state index contributed by atoms with van der Waals surface area (Å²) in [6, 6.07) is 5.28. The number of hydrogen-bond acceptors (Lipinski definition) is 4. The van der Waals surface area contributed by atoms with Gasteiger partial charge in [-0.2, -0.15) is 0 Å². The fraction of sp³-hybridized carbons (Fsp3) is 0.333. The van der Waals surface area contributed by atoms with E-state index in [1.54, 1.807) is 12.1 Å². The topological polar surface area (TPSA) is 75.6 Å². The highest BCUT2D eigenvalue weighted by Crippen LogP contribution is 2.18. The van der Waals surface area contributed by atoms with Crippen LogP contribution < -0.4 is 5.32 Å². The van der Waals surface area contributed by atoms with Gasteiger partial charge in [-0.3, -0.25) is 4.79 Å². The lowest BCUT2D eigenvalue weighted by molar-refractivity contribution is -0.149. The standard InChI is InChI=1S/C12H14BrNO4/c1-7-3-4-8(9(13)5-7)11(16)14-6-10(15)12(17)18-2/h3-5,10,15H,6H2,1-2H3,(H,14,16). The van der Waals surface area contributed by atoms with Crippen LogP contribution in [-0.2, 0) is 9.53 Å². The zero-order valence-electron chi connectivity index (χ0n) is 10.1. The van der Waals surface area contributed by atoms with Gasteiger partial charge in [0.25, 0.3) is 5.91 Å². The van der Waals surface area contributed by atoms with Gasteiger partial charge < -0.3 is 15.2 Å². The number of ether oxygens (including phenoxy) is 1. The number of nitrogens with one attached hydrogen (secondary N) is 1. The van der Waals surface area contributed by atoms with Crippen molar-refractivity contribution < 1.29 is 19.4 Å². The van der Waals surface area contributed by atoms with Gasteiger partial charge in [0.15, 0.2) is 6.10 Å². The van der Waals surface area contributed by atoms with Crippen molar-refractivity contribution in [3.05, 3.63) is 33.8 Å². The third-order valence-electron chi connectivity index (χ3n) is 2.30. The Labute approximate surface area is 113 Å². The molecule has 0 saturated carbocycles. The molecule has 0 fully saturated rings. The number of aliphatic hydroxyl groups is 1. The van der Waals surface area contributed by atoms with Crippen molar-refractivity contribution in [2.45, 2.75) is 13.0 Å². The van der Waals surface area contributed by atoms with Crippen molar-refractivity contribution in [2.24, 2.45) is 0 Å². The summed E-state index contributed by atoms with van der Waals surface area (Å²) < 4.78 is 5.00. The number of aliphatic hydroxyl groups excluding tert-OH is 1. The minimum Gasteiger partial charge on any atom is -0.467 e. The molecule has 0 aliphatic carbocycles. The Balaban J connectivity index is 2.63. The molecule has 0 radical (unpaired) electrons. The van der Waals surface area contributed by atoms with E-state index < -0.39 is 12.1 Å². The number of amides is 1. The Hall–Kier alpha value is -1.40. The molecular formula is C12H14BrNO4. The Morgan fingerprint density at radius 2 is 2.17 bits per heavy atom. The van der Waals surface area contributed by atoms with E-state index in [9.17, 15) is 14.7 Å². The highest BCUT2D eigenvalue weighted by molar-refractivity contribution is 9.10. The molecule has 6 heteroatoms. The van der Waals surface area contributed by atoms with Gasteiger partial charge in [-0.1, -0.05) is 6.07 Å². The molecule has 1 atom stereocenters. The SMILES string of the molecule is COC(=O)C(O)CNC(=O)c1ccc(C)cc1Br. The Morgan fingerprint density at radius 1 is 1.50 bits per heavy atom. The number of methoxy groups -OCH3 is 1. The molecule has 1 aromatic rings. The highest BCUT2D eigenvalue weighted by atomic mass is 79.9. The Bertz CT molecular complexity index is 461. The smallest absolute Gasteiger partial charge is 0.336 e. The first kappa shape index (κ1) is 14.7. The average Bonchev–Trinajstić information content (AvgIpc) is 2.34. The molecule has 2 N–H and O–H groups in total. The van der Waals surface area contributed by atoms with Crippen LogP contribution in [0.25, 0.3) is 0 Å². The molecule has 0 bridgehead atoms. The van der Waals surface area contributed by atoms with Gasteiger partial charge in [-0.25, -0.2) is 4.79 Å². The summed E-state index contributed by atoms with van der Waals surface area (Å²) in [6.07, 6.45) is -1.36. The summed E-state index contributed by atoms with van der Waals surface area (Å²) >= 11 is 3.28. The minimum absolute atomic E-state index is 0.189. The third-order valence-corrected chi connectivity index (χ3v) is 2.95. The molecule has 0 saturated heterocycles. The summed E-state index contributed by atoms with van der Waals surface area (Å²) in [5, 5.41) is 11.8. The number of esters is 1. The van der Waals surface area contributed by atoms with Crippen molar-refractivity contribution in [3.8, 4) is 0 Å². The second-order valence-electron chi connectivity index (χ2n) is 3.73. The number of halogens is 1. The van der Waals surface area contributed by atoms with Crippen LogP contribution in [0.5, 0.6) is 0 Å². The predicted octanol–water partition coefficient (Wildman–Crippen LogP) is 1.02. The van der Waals surface area contributed by atoms with Crippen molar-refractivity contribution in [2.75, 3.05) is 13.7 Å². The molecule has 0 aliphatic rings. The van der Waals surface area contributed by atoms with E-state index in [0.29, 0.717) is 10.0 Å². The van der Waals surface area contributed by atoms with Gasteiger partial charge in [0, 0.05) is 4.47 Å². The number of benzene rings is 1. The predicted molar refractivity (Wildman–Crippen MR) is 69.2 cm³/mol. The van der Waals surface area contributed by atoms with Crippen LogP contribution in [0, 0.1) is 6.92 Å². The molecule has 1 unspecified atom stereocenters. The lowest BCUT2D eigenvalue weighted by Gasteiger charge is -2.10. The maximum Gasteiger partial charge on any atom is 0.336 e. The molecule has 0 heterocycles.